The Morgan fingerprint density at radius 3 is 2.71 bits per heavy atom. The molecule has 0 aromatic heterocycles. The Hall–Kier alpha value is -1.60. The Kier molecular flexibility index (Phi) is 6.64. The molecule has 3 N–H and O–H groups in total. The van der Waals surface area contributed by atoms with Crippen molar-refractivity contribution in [3.8, 4) is 0 Å². The number of hydrogen-bond donors (Lipinski definition) is 2. The van der Waals surface area contributed by atoms with Crippen LogP contribution in [0.1, 0.15) is 18.4 Å². The van der Waals surface area contributed by atoms with Crippen LogP contribution in [0.3, 0.4) is 0 Å². The molecule has 0 unspecified atom stereocenters. The van der Waals surface area contributed by atoms with E-state index in [-0.39, 0.29) is 18.9 Å². The maximum absolute atomic E-state index is 12.1. The first-order chi connectivity index (χ1) is 9.80. The van der Waals surface area contributed by atoms with Crippen LogP contribution in [-0.2, 0) is 11.3 Å². The maximum Gasteiger partial charge on any atom is 0.401 e. The van der Waals surface area contributed by atoms with Gasteiger partial charge in [0.15, 0.2) is 0 Å². The minimum absolute atomic E-state index is 0.176. The summed E-state index contributed by atoms with van der Waals surface area (Å²) in [4.78, 5) is 12.9. The van der Waals surface area contributed by atoms with Crippen molar-refractivity contribution in [2.24, 2.45) is 5.73 Å². The lowest BCUT2D eigenvalue weighted by atomic mass is 10.2. The zero-order valence-electron chi connectivity index (χ0n) is 11.9. The standard InChI is InChI=1S/C14H20F3N3O/c1-20(10-14(15,16)17)7-3-6-13(21)19-12-5-2-4-11(8-12)9-18/h2,4-5,8H,3,6-7,9-10,18H2,1H3,(H,19,21). The first-order valence-corrected chi connectivity index (χ1v) is 6.64. The van der Waals surface area contributed by atoms with Gasteiger partial charge in [-0.2, -0.15) is 13.2 Å². The van der Waals surface area contributed by atoms with E-state index in [1.165, 1.54) is 7.05 Å². The molecule has 7 heteroatoms. The molecule has 21 heavy (non-hydrogen) atoms. The van der Waals surface area contributed by atoms with Crippen molar-refractivity contribution in [3.63, 3.8) is 0 Å². The van der Waals surface area contributed by atoms with Crippen molar-refractivity contribution in [3.05, 3.63) is 29.8 Å². The smallest absolute Gasteiger partial charge is 0.326 e. The third-order valence-corrected chi connectivity index (χ3v) is 2.84. The third-order valence-electron chi connectivity index (χ3n) is 2.84. The number of alkyl halides is 3. The number of carbonyl (C=O) groups is 1. The summed E-state index contributed by atoms with van der Waals surface area (Å²) in [5.74, 6) is -0.218. The molecule has 1 aromatic rings. The summed E-state index contributed by atoms with van der Waals surface area (Å²) < 4.78 is 36.4. The van der Waals surface area contributed by atoms with Crippen LogP contribution in [0, 0.1) is 0 Å². The van der Waals surface area contributed by atoms with Crippen LogP contribution in [0.4, 0.5) is 18.9 Å². The van der Waals surface area contributed by atoms with Gasteiger partial charge in [-0.1, -0.05) is 12.1 Å². The Balaban J connectivity index is 2.31. The summed E-state index contributed by atoms with van der Waals surface area (Å²) in [6.07, 6.45) is -3.66. The Bertz CT molecular complexity index is 463. The molecular weight excluding hydrogens is 283 g/mol. The summed E-state index contributed by atoms with van der Waals surface area (Å²) in [7, 11) is 1.39. The summed E-state index contributed by atoms with van der Waals surface area (Å²) in [6, 6.07) is 7.15. The lowest BCUT2D eigenvalue weighted by Gasteiger charge is -2.18. The van der Waals surface area contributed by atoms with Gasteiger partial charge in [0.2, 0.25) is 5.91 Å². The largest absolute Gasteiger partial charge is 0.401 e. The minimum Gasteiger partial charge on any atom is -0.326 e. The van der Waals surface area contributed by atoms with Crippen LogP contribution in [0.5, 0.6) is 0 Å². The second-order valence-electron chi connectivity index (χ2n) is 4.91. The van der Waals surface area contributed by atoms with E-state index in [9.17, 15) is 18.0 Å². The molecule has 0 aliphatic carbocycles. The predicted molar refractivity (Wildman–Crippen MR) is 75.7 cm³/mol. The van der Waals surface area contributed by atoms with E-state index in [2.05, 4.69) is 5.32 Å². The van der Waals surface area contributed by atoms with Crippen molar-refractivity contribution in [1.82, 2.24) is 4.90 Å². The molecule has 1 amide bonds. The Morgan fingerprint density at radius 1 is 1.38 bits per heavy atom. The van der Waals surface area contributed by atoms with E-state index in [0.717, 1.165) is 10.5 Å². The van der Waals surface area contributed by atoms with Gasteiger partial charge in [0, 0.05) is 18.7 Å². The van der Waals surface area contributed by atoms with Gasteiger partial charge in [-0.25, -0.2) is 0 Å². The van der Waals surface area contributed by atoms with E-state index >= 15 is 0 Å². The zero-order chi connectivity index (χ0) is 15.9. The van der Waals surface area contributed by atoms with Crippen LogP contribution < -0.4 is 11.1 Å². The molecule has 0 fully saturated rings. The number of nitrogens with zero attached hydrogens (tertiary/aromatic N) is 1. The molecule has 0 bridgehead atoms. The second kappa shape index (κ2) is 7.99. The number of hydrogen-bond acceptors (Lipinski definition) is 3. The summed E-state index contributed by atoms with van der Waals surface area (Å²) in [6.45, 7) is -0.366. The third kappa shape index (κ3) is 7.67. The topological polar surface area (TPSA) is 58.4 Å². The van der Waals surface area contributed by atoms with Crippen molar-refractivity contribution in [2.45, 2.75) is 25.6 Å². The van der Waals surface area contributed by atoms with Crippen molar-refractivity contribution < 1.29 is 18.0 Å². The van der Waals surface area contributed by atoms with Gasteiger partial charge >= 0.3 is 6.18 Å². The quantitative estimate of drug-likeness (QED) is 0.813. The van der Waals surface area contributed by atoms with Crippen LogP contribution >= 0.6 is 0 Å². The van der Waals surface area contributed by atoms with Crippen LogP contribution in [0.25, 0.3) is 0 Å². The van der Waals surface area contributed by atoms with Gasteiger partial charge in [-0.3, -0.25) is 9.69 Å². The van der Waals surface area contributed by atoms with E-state index < -0.39 is 12.7 Å². The van der Waals surface area contributed by atoms with Crippen molar-refractivity contribution >= 4 is 11.6 Å². The van der Waals surface area contributed by atoms with Crippen LogP contribution in [0.2, 0.25) is 0 Å². The Morgan fingerprint density at radius 2 is 2.10 bits per heavy atom. The number of nitrogens with two attached hydrogens (primary N) is 1. The van der Waals surface area contributed by atoms with Gasteiger partial charge in [0.1, 0.15) is 0 Å². The highest BCUT2D eigenvalue weighted by Gasteiger charge is 2.28. The van der Waals surface area contributed by atoms with Gasteiger partial charge in [-0.15, -0.1) is 0 Å². The summed E-state index contributed by atoms with van der Waals surface area (Å²) >= 11 is 0. The molecule has 0 saturated heterocycles. The minimum atomic E-state index is -4.21. The number of rotatable bonds is 7. The number of amides is 1. The molecular formula is C14H20F3N3O. The molecule has 0 saturated carbocycles. The van der Waals surface area contributed by atoms with E-state index in [1.54, 1.807) is 18.2 Å². The number of nitrogens with one attached hydrogen (secondary N) is 1. The molecule has 0 radical (unpaired) electrons. The monoisotopic (exact) mass is 303 g/mol. The number of carbonyl (C=O) groups excluding carboxylic acids is 1. The van der Waals surface area contributed by atoms with Crippen molar-refractivity contribution in [1.29, 1.82) is 0 Å². The zero-order valence-corrected chi connectivity index (χ0v) is 11.9. The molecule has 0 aliphatic heterocycles. The van der Waals surface area contributed by atoms with Crippen LogP contribution in [0.15, 0.2) is 24.3 Å². The highest BCUT2D eigenvalue weighted by molar-refractivity contribution is 5.90. The predicted octanol–water partition coefficient (Wildman–Crippen LogP) is 2.36. The first-order valence-electron chi connectivity index (χ1n) is 6.64. The van der Waals surface area contributed by atoms with E-state index in [0.29, 0.717) is 18.7 Å². The summed E-state index contributed by atoms with van der Waals surface area (Å²) in [5, 5.41) is 2.70. The second-order valence-corrected chi connectivity index (χ2v) is 4.91. The van der Waals surface area contributed by atoms with Gasteiger partial charge in [0.25, 0.3) is 0 Å². The average Bonchev–Trinajstić information content (AvgIpc) is 2.36. The van der Waals surface area contributed by atoms with Gasteiger partial charge < -0.3 is 11.1 Å². The average molecular weight is 303 g/mol. The lowest BCUT2D eigenvalue weighted by molar-refractivity contribution is -0.143. The van der Waals surface area contributed by atoms with Crippen LogP contribution in [-0.4, -0.2) is 37.1 Å². The molecule has 0 heterocycles. The highest BCUT2D eigenvalue weighted by atomic mass is 19.4. The first kappa shape index (κ1) is 17.5. The molecule has 0 spiro atoms. The number of benzene rings is 1. The Labute approximate surface area is 122 Å². The molecule has 1 rings (SSSR count). The molecule has 118 valence electrons. The SMILES string of the molecule is CN(CCCC(=O)Nc1cccc(CN)c1)CC(F)(F)F. The summed E-state index contributed by atoms with van der Waals surface area (Å²) in [5.41, 5.74) is 7.05. The maximum atomic E-state index is 12.1. The van der Waals surface area contributed by atoms with Gasteiger partial charge in [0.05, 0.1) is 6.54 Å². The normalized spacial score (nSPS) is 11.7. The van der Waals surface area contributed by atoms with E-state index in [4.69, 9.17) is 5.73 Å². The number of anilines is 1. The lowest BCUT2D eigenvalue weighted by Crippen LogP contribution is -2.32. The molecule has 0 atom stereocenters. The van der Waals surface area contributed by atoms with E-state index in [1.807, 2.05) is 6.07 Å². The van der Waals surface area contributed by atoms with Crippen molar-refractivity contribution in [2.75, 3.05) is 25.5 Å². The molecule has 1 aromatic carbocycles. The molecule has 4 nitrogen and oxygen atoms in total. The molecule has 0 aliphatic rings. The fourth-order valence-electron chi connectivity index (χ4n) is 1.89. The number of halogens is 3. The van der Waals surface area contributed by atoms with Gasteiger partial charge in [-0.05, 0) is 37.7 Å². The fraction of sp³-hybridized carbons (Fsp3) is 0.500. The fourth-order valence-corrected chi connectivity index (χ4v) is 1.89. The highest BCUT2D eigenvalue weighted by Crippen LogP contribution is 2.16.